The zero-order chi connectivity index (χ0) is 16.6. The number of morpholine rings is 1. The fourth-order valence-corrected chi connectivity index (χ4v) is 4.43. The standard InChI is InChI=1S/C14H13ClN2O4S2/c1-7-11(23-12(16-7)9-2-3-10(15)22-9)13(18)17-4-5-21-6-8(17)14(19)20/h2-3,8H,4-6H2,1H3,(H,19,20)/t8-/m0/s1. The maximum absolute atomic E-state index is 12.7. The Kier molecular flexibility index (Phi) is 4.67. The van der Waals surface area contributed by atoms with Crippen LogP contribution in [0.5, 0.6) is 0 Å². The molecule has 2 aromatic heterocycles. The molecule has 1 atom stereocenters. The lowest BCUT2D eigenvalue weighted by Gasteiger charge is -2.32. The van der Waals surface area contributed by atoms with Crippen LogP contribution in [0.15, 0.2) is 12.1 Å². The number of halogens is 1. The van der Waals surface area contributed by atoms with Crippen LogP contribution in [0.25, 0.3) is 9.88 Å². The molecule has 0 aliphatic carbocycles. The summed E-state index contributed by atoms with van der Waals surface area (Å²) in [6.07, 6.45) is 0. The molecule has 0 saturated carbocycles. The van der Waals surface area contributed by atoms with Crippen molar-refractivity contribution in [1.82, 2.24) is 9.88 Å². The first kappa shape index (κ1) is 16.4. The van der Waals surface area contributed by atoms with E-state index in [0.717, 1.165) is 4.88 Å². The minimum absolute atomic E-state index is 0.00626. The van der Waals surface area contributed by atoms with Crippen molar-refractivity contribution < 1.29 is 19.4 Å². The number of thiazole rings is 1. The minimum atomic E-state index is -1.06. The lowest BCUT2D eigenvalue weighted by Crippen LogP contribution is -2.52. The Labute approximate surface area is 145 Å². The summed E-state index contributed by atoms with van der Waals surface area (Å²) in [6, 6.07) is 2.67. The number of ether oxygens (including phenoxy) is 1. The Morgan fingerprint density at radius 2 is 2.22 bits per heavy atom. The zero-order valence-corrected chi connectivity index (χ0v) is 14.5. The molecule has 9 heteroatoms. The summed E-state index contributed by atoms with van der Waals surface area (Å²) in [7, 11) is 0. The highest BCUT2D eigenvalue weighted by Crippen LogP contribution is 2.35. The molecule has 6 nitrogen and oxygen atoms in total. The third-order valence-corrected chi connectivity index (χ3v) is 6.00. The second kappa shape index (κ2) is 6.56. The second-order valence-electron chi connectivity index (χ2n) is 4.96. The van der Waals surface area contributed by atoms with E-state index in [9.17, 15) is 14.7 Å². The molecule has 3 rings (SSSR count). The normalized spacial score (nSPS) is 18.2. The van der Waals surface area contributed by atoms with Gasteiger partial charge in [0.1, 0.15) is 9.88 Å². The molecule has 0 radical (unpaired) electrons. The number of thiophene rings is 1. The van der Waals surface area contributed by atoms with Gasteiger partial charge in [-0.15, -0.1) is 22.7 Å². The molecule has 1 fully saturated rings. The summed E-state index contributed by atoms with van der Waals surface area (Å²) in [5, 5.41) is 9.97. The highest BCUT2D eigenvalue weighted by molar-refractivity contribution is 7.24. The molecule has 23 heavy (non-hydrogen) atoms. The monoisotopic (exact) mass is 372 g/mol. The predicted octanol–water partition coefficient (Wildman–Crippen LogP) is 2.76. The number of carbonyl (C=O) groups excluding carboxylic acids is 1. The van der Waals surface area contributed by atoms with Crippen molar-refractivity contribution in [3.8, 4) is 9.88 Å². The van der Waals surface area contributed by atoms with E-state index in [1.807, 2.05) is 6.07 Å². The molecule has 1 aliphatic rings. The van der Waals surface area contributed by atoms with E-state index in [0.29, 0.717) is 26.5 Å². The van der Waals surface area contributed by atoms with Gasteiger partial charge in [0.05, 0.1) is 28.1 Å². The van der Waals surface area contributed by atoms with Gasteiger partial charge in [0.25, 0.3) is 5.91 Å². The third kappa shape index (κ3) is 3.25. The Hall–Kier alpha value is -1.48. The number of aromatic nitrogens is 1. The van der Waals surface area contributed by atoms with Crippen LogP contribution in [0.1, 0.15) is 15.4 Å². The first-order valence-corrected chi connectivity index (χ1v) is 8.83. The van der Waals surface area contributed by atoms with E-state index in [1.165, 1.54) is 27.6 Å². The van der Waals surface area contributed by atoms with Gasteiger partial charge >= 0.3 is 5.97 Å². The number of carbonyl (C=O) groups is 2. The second-order valence-corrected chi connectivity index (χ2v) is 7.68. The number of hydrogen-bond acceptors (Lipinski definition) is 6. The number of amides is 1. The maximum atomic E-state index is 12.7. The fourth-order valence-electron chi connectivity index (χ4n) is 2.31. The molecular weight excluding hydrogens is 360 g/mol. The van der Waals surface area contributed by atoms with Crippen molar-refractivity contribution in [2.24, 2.45) is 0 Å². The summed E-state index contributed by atoms with van der Waals surface area (Å²) < 4.78 is 5.82. The summed E-state index contributed by atoms with van der Waals surface area (Å²) in [5.74, 6) is -1.38. The van der Waals surface area contributed by atoms with Crippen LogP contribution in [0.2, 0.25) is 4.34 Å². The van der Waals surface area contributed by atoms with Crippen LogP contribution in [-0.4, -0.2) is 52.7 Å². The number of aryl methyl sites for hydroxylation is 1. The van der Waals surface area contributed by atoms with E-state index in [1.54, 1.807) is 13.0 Å². The smallest absolute Gasteiger partial charge is 0.328 e. The fraction of sp³-hybridized carbons (Fsp3) is 0.357. The SMILES string of the molecule is Cc1nc(-c2ccc(Cl)s2)sc1C(=O)N1CCOC[C@H]1C(=O)O. The number of nitrogens with zero attached hydrogens (tertiary/aromatic N) is 2. The molecule has 1 N–H and O–H groups in total. The molecule has 0 spiro atoms. The summed E-state index contributed by atoms with van der Waals surface area (Å²) in [5.41, 5.74) is 0.593. The van der Waals surface area contributed by atoms with Crippen LogP contribution in [-0.2, 0) is 9.53 Å². The largest absolute Gasteiger partial charge is 0.480 e. The summed E-state index contributed by atoms with van der Waals surface area (Å²) >= 11 is 8.58. The lowest BCUT2D eigenvalue weighted by molar-refractivity contribution is -0.147. The number of carboxylic acid groups (broad SMARTS) is 1. The van der Waals surface area contributed by atoms with Crippen LogP contribution in [0, 0.1) is 6.92 Å². The van der Waals surface area contributed by atoms with E-state index in [4.69, 9.17) is 16.3 Å². The van der Waals surface area contributed by atoms with Gasteiger partial charge in [0.2, 0.25) is 0 Å². The Morgan fingerprint density at radius 3 is 2.87 bits per heavy atom. The van der Waals surface area contributed by atoms with Gasteiger partial charge in [0.15, 0.2) is 6.04 Å². The van der Waals surface area contributed by atoms with Gasteiger partial charge in [-0.05, 0) is 19.1 Å². The van der Waals surface area contributed by atoms with Gasteiger partial charge in [-0.3, -0.25) is 4.79 Å². The number of carboxylic acids is 1. The highest BCUT2D eigenvalue weighted by atomic mass is 35.5. The first-order valence-electron chi connectivity index (χ1n) is 6.82. The number of hydrogen-bond donors (Lipinski definition) is 1. The van der Waals surface area contributed by atoms with E-state index in [-0.39, 0.29) is 19.1 Å². The number of rotatable bonds is 3. The topological polar surface area (TPSA) is 79.7 Å². The van der Waals surface area contributed by atoms with Gasteiger partial charge < -0.3 is 14.7 Å². The van der Waals surface area contributed by atoms with E-state index >= 15 is 0 Å². The quantitative estimate of drug-likeness (QED) is 0.896. The van der Waals surface area contributed by atoms with Crippen LogP contribution < -0.4 is 0 Å². The molecule has 2 aromatic rings. The summed E-state index contributed by atoms with van der Waals surface area (Å²) in [4.78, 5) is 31.2. The summed E-state index contributed by atoms with van der Waals surface area (Å²) in [6.45, 7) is 2.35. The lowest BCUT2D eigenvalue weighted by atomic mass is 10.2. The predicted molar refractivity (Wildman–Crippen MR) is 88.5 cm³/mol. The molecule has 1 amide bonds. The van der Waals surface area contributed by atoms with Crippen LogP contribution >= 0.6 is 34.3 Å². The highest BCUT2D eigenvalue weighted by Gasteiger charge is 2.34. The van der Waals surface area contributed by atoms with Crippen molar-refractivity contribution in [2.75, 3.05) is 19.8 Å². The molecule has 0 unspecified atom stereocenters. The van der Waals surface area contributed by atoms with Gasteiger partial charge in [0, 0.05) is 6.54 Å². The van der Waals surface area contributed by atoms with Crippen molar-refractivity contribution in [3.05, 3.63) is 27.0 Å². The molecule has 122 valence electrons. The van der Waals surface area contributed by atoms with Crippen LogP contribution in [0.4, 0.5) is 0 Å². The Morgan fingerprint density at radius 1 is 1.43 bits per heavy atom. The third-order valence-electron chi connectivity index (χ3n) is 3.45. The molecular formula is C14H13ClN2O4S2. The van der Waals surface area contributed by atoms with Crippen molar-refractivity contribution >= 4 is 46.2 Å². The maximum Gasteiger partial charge on any atom is 0.328 e. The average Bonchev–Trinajstić information content (AvgIpc) is 3.12. The first-order chi connectivity index (χ1) is 11.0. The molecule has 0 bridgehead atoms. The Balaban J connectivity index is 1.90. The van der Waals surface area contributed by atoms with Crippen LogP contribution in [0.3, 0.4) is 0 Å². The van der Waals surface area contributed by atoms with E-state index in [2.05, 4.69) is 4.98 Å². The van der Waals surface area contributed by atoms with Crippen molar-refractivity contribution in [2.45, 2.75) is 13.0 Å². The molecule has 3 heterocycles. The molecule has 1 saturated heterocycles. The van der Waals surface area contributed by atoms with Crippen molar-refractivity contribution in [1.29, 1.82) is 0 Å². The van der Waals surface area contributed by atoms with E-state index < -0.39 is 12.0 Å². The van der Waals surface area contributed by atoms with Gasteiger partial charge in [-0.1, -0.05) is 11.6 Å². The molecule has 0 aromatic carbocycles. The molecule has 1 aliphatic heterocycles. The van der Waals surface area contributed by atoms with Gasteiger partial charge in [-0.25, -0.2) is 9.78 Å². The minimum Gasteiger partial charge on any atom is -0.480 e. The number of aliphatic carboxylic acids is 1. The zero-order valence-electron chi connectivity index (χ0n) is 12.1. The average molecular weight is 373 g/mol. The van der Waals surface area contributed by atoms with Gasteiger partial charge in [-0.2, -0.15) is 0 Å². The Bertz CT molecular complexity index is 758. The van der Waals surface area contributed by atoms with Crippen molar-refractivity contribution in [3.63, 3.8) is 0 Å².